The summed E-state index contributed by atoms with van der Waals surface area (Å²) in [6.07, 6.45) is 0. The van der Waals surface area contributed by atoms with E-state index in [-0.39, 0.29) is 38.2 Å². The number of carbonyl (C=O) groups excluding carboxylic acids is 2. The van der Waals surface area contributed by atoms with Crippen LogP contribution in [0.15, 0.2) is 94.7 Å². The van der Waals surface area contributed by atoms with Gasteiger partial charge < -0.3 is 4.90 Å². The summed E-state index contributed by atoms with van der Waals surface area (Å²) in [5.41, 5.74) is 1.83. The van der Waals surface area contributed by atoms with Gasteiger partial charge in [0.05, 0.1) is 9.79 Å². The summed E-state index contributed by atoms with van der Waals surface area (Å²) >= 11 is 0. The fourth-order valence-corrected chi connectivity index (χ4v) is 6.86. The van der Waals surface area contributed by atoms with Crippen molar-refractivity contribution in [1.82, 2.24) is 9.80 Å². The molecule has 0 atom stereocenters. The van der Waals surface area contributed by atoms with Gasteiger partial charge in [-0.25, -0.2) is 8.42 Å². The van der Waals surface area contributed by atoms with Crippen LogP contribution in [-0.4, -0.2) is 56.1 Å². The summed E-state index contributed by atoms with van der Waals surface area (Å²) in [7, 11) is -3.88. The molecule has 4 aromatic rings. The maximum absolute atomic E-state index is 13.3. The lowest BCUT2D eigenvalue weighted by Gasteiger charge is -2.35. The molecule has 0 spiro atoms. The van der Waals surface area contributed by atoms with E-state index in [1.54, 1.807) is 23.1 Å². The molecule has 0 N–H and O–H groups in total. The first-order valence-corrected chi connectivity index (χ1v) is 13.4. The van der Waals surface area contributed by atoms with Crippen molar-refractivity contribution in [3.8, 4) is 0 Å². The highest BCUT2D eigenvalue weighted by molar-refractivity contribution is 7.91. The molecule has 1 fully saturated rings. The fourth-order valence-electron chi connectivity index (χ4n) is 5.18. The Labute approximate surface area is 209 Å². The Bertz CT molecular complexity index is 1630. The zero-order valence-electron chi connectivity index (χ0n) is 19.6. The third-order valence-electron chi connectivity index (χ3n) is 7.12. The van der Waals surface area contributed by atoms with Gasteiger partial charge in [0, 0.05) is 49.4 Å². The number of ketones is 1. The highest BCUT2D eigenvalue weighted by Crippen LogP contribution is 2.35. The number of piperazine rings is 1. The minimum Gasteiger partial charge on any atom is -0.336 e. The molecule has 0 aliphatic carbocycles. The number of amides is 1. The lowest BCUT2D eigenvalue weighted by atomic mass is 10.0. The van der Waals surface area contributed by atoms with Crippen LogP contribution in [0, 0.1) is 0 Å². The van der Waals surface area contributed by atoms with E-state index in [9.17, 15) is 18.0 Å². The molecule has 180 valence electrons. The lowest BCUT2D eigenvalue weighted by Crippen LogP contribution is -2.48. The molecule has 1 amide bonds. The van der Waals surface area contributed by atoms with Gasteiger partial charge >= 0.3 is 0 Å². The van der Waals surface area contributed by atoms with Gasteiger partial charge in [0.25, 0.3) is 5.91 Å². The van der Waals surface area contributed by atoms with Crippen LogP contribution in [0.5, 0.6) is 0 Å². The van der Waals surface area contributed by atoms with Crippen molar-refractivity contribution >= 4 is 32.3 Å². The number of fused-ring (bicyclic) bond motifs is 3. The zero-order chi connectivity index (χ0) is 24.9. The Kier molecular flexibility index (Phi) is 5.47. The number of carbonyl (C=O) groups is 2. The van der Waals surface area contributed by atoms with E-state index in [1.165, 1.54) is 40.6 Å². The van der Waals surface area contributed by atoms with Crippen LogP contribution in [-0.2, 0) is 16.4 Å². The van der Waals surface area contributed by atoms with E-state index < -0.39 is 9.84 Å². The maximum atomic E-state index is 13.3. The van der Waals surface area contributed by atoms with Gasteiger partial charge in [-0.05, 0) is 46.7 Å². The molecular formula is C29H24N2O4S. The van der Waals surface area contributed by atoms with Crippen LogP contribution in [0.25, 0.3) is 10.8 Å². The van der Waals surface area contributed by atoms with E-state index in [4.69, 9.17) is 0 Å². The minimum atomic E-state index is -3.88. The Morgan fingerprint density at radius 2 is 1.44 bits per heavy atom. The normalized spacial score (nSPS) is 17.0. The van der Waals surface area contributed by atoms with Crippen molar-refractivity contribution in [1.29, 1.82) is 0 Å². The van der Waals surface area contributed by atoms with E-state index >= 15 is 0 Å². The molecule has 4 aromatic carbocycles. The summed E-state index contributed by atoms with van der Waals surface area (Å²) < 4.78 is 26.4. The van der Waals surface area contributed by atoms with Gasteiger partial charge in [-0.15, -0.1) is 0 Å². The van der Waals surface area contributed by atoms with Crippen molar-refractivity contribution < 1.29 is 18.0 Å². The van der Waals surface area contributed by atoms with Crippen LogP contribution < -0.4 is 0 Å². The van der Waals surface area contributed by atoms with Crippen LogP contribution in [0.2, 0.25) is 0 Å². The fraction of sp³-hybridized carbons (Fsp3) is 0.172. The monoisotopic (exact) mass is 496 g/mol. The Balaban J connectivity index is 1.19. The predicted octanol–water partition coefficient (Wildman–Crippen LogP) is 4.18. The smallest absolute Gasteiger partial charge is 0.253 e. The first-order chi connectivity index (χ1) is 17.4. The number of benzene rings is 4. The Hall–Kier alpha value is -3.81. The number of sulfone groups is 1. The molecule has 2 aliphatic heterocycles. The molecular weight excluding hydrogens is 472 g/mol. The zero-order valence-corrected chi connectivity index (χ0v) is 20.4. The molecule has 0 bridgehead atoms. The van der Waals surface area contributed by atoms with E-state index in [0.29, 0.717) is 13.1 Å². The summed E-state index contributed by atoms with van der Waals surface area (Å²) in [6.45, 7) is 3.36. The van der Waals surface area contributed by atoms with Crippen molar-refractivity contribution in [2.24, 2.45) is 0 Å². The number of hydrogen-bond acceptors (Lipinski definition) is 5. The van der Waals surface area contributed by atoms with Gasteiger partial charge in [-0.2, -0.15) is 0 Å². The lowest BCUT2D eigenvalue weighted by molar-refractivity contribution is 0.0628. The maximum Gasteiger partial charge on any atom is 0.253 e. The van der Waals surface area contributed by atoms with Gasteiger partial charge in [0.1, 0.15) is 0 Å². The number of nitrogens with zero attached hydrogens (tertiary/aromatic N) is 2. The molecule has 6 nitrogen and oxygen atoms in total. The quantitative estimate of drug-likeness (QED) is 0.375. The van der Waals surface area contributed by atoms with Gasteiger partial charge in [0.2, 0.25) is 9.84 Å². The summed E-state index contributed by atoms with van der Waals surface area (Å²) in [6, 6.07) is 25.3. The molecule has 2 heterocycles. The van der Waals surface area contributed by atoms with E-state index in [0.717, 1.165) is 19.6 Å². The summed E-state index contributed by atoms with van der Waals surface area (Å²) in [5.74, 6) is -0.555. The van der Waals surface area contributed by atoms with Crippen molar-refractivity contribution in [2.45, 2.75) is 16.3 Å². The van der Waals surface area contributed by atoms with Gasteiger partial charge in [-0.1, -0.05) is 54.6 Å². The molecule has 7 heteroatoms. The van der Waals surface area contributed by atoms with Crippen LogP contribution in [0.3, 0.4) is 0 Å². The van der Waals surface area contributed by atoms with Crippen LogP contribution in [0.4, 0.5) is 0 Å². The molecule has 2 aliphatic rings. The summed E-state index contributed by atoms with van der Waals surface area (Å²) in [5, 5.41) is 2.46. The second-order valence-electron chi connectivity index (χ2n) is 9.25. The van der Waals surface area contributed by atoms with E-state index in [1.807, 2.05) is 12.1 Å². The van der Waals surface area contributed by atoms with Crippen molar-refractivity contribution in [3.05, 3.63) is 107 Å². The molecule has 0 unspecified atom stereocenters. The second kappa shape index (κ2) is 8.69. The van der Waals surface area contributed by atoms with Gasteiger partial charge in [-0.3, -0.25) is 14.5 Å². The van der Waals surface area contributed by atoms with Crippen LogP contribution >= 0.6 is 0 Å². The molecule has 6 rings (SSSR count). The predicted molar refractivity (Wildman–Crippen MR) is 137 cm³/mol. The third-order valence-corrected chi connectivity index (χ3v) is 8.97. The van der Waals surface area contributed by atoms with Crippen molar-refractivity contribution in [3.63, 3.8) is 0 Å². The average molecular weight is 497 g/mol. The minimum absolute atomic E-state index is 0.00542. The molecule has 0 radical (unpaired) electrons. The van der Waals surface area contributed by atoms with Crippen molar-refractivity contribution in [2.75, 3.05) is 26.2 Å². The summed E-state index contributed by atoms with van der Waals surface area (Å²) in [4.78, 5) is 30.2. The topological polar surface area (TPSA) is 74.8 Å². The van der Waals surface area contributed by atoms with Gasteiger partial charge in [0.15, 0.2) is 5.78 Å². The molecule has 0 saturated carbocycles. The van der Waals surface area contributed by atoms with Crippen LogP contribution in [0.1, 0.15) is 31.8 Å². The SMILES string of the molecule is O=C1c2ccccc2S(=O)(=O)c2cc(C(=O)N3CCN(Cc4cccc5ccccc45)CC3)ccc21. The average Bonchev–Trinajstić information content (AvgIpc) is 2.92. The highest BCUT2D eigenvalue weighted by atomic mass is 32.2. The Morgan fingerprint density at radius 1 is 0.750 bits per heavy atom. The Morgan fingerprint density at radius 3 is 2.28 bits per heavy atom. The molecule has 0 aromatic heterocycles. The first-order valence-electron chi connectivity index (χ1n) is 11.9. The molecule has 1 saturated heterocycles. The molecule has 36 heavy (non-hydrogen) atoms. The largest absolute Gasteiger partial charge is 0.336 e. The number of rotatable bonds is 3. The van der Waals surface area contributed by atoms with E-state index in [2.05, 4.69) is 35.2 Å². The number of hydrogen-bond donors (Lipinski definition) is 0. The second-order valence-corrected chi connectivity index (χ2v) is 11.1. The first kappa shape index (κ1) is 22.6. The third kappa shape index (κ3) is 3.72. The highest BCUT2D eigenvalue weighted by Gasteiger charge is 2.35. The standard InChI is InChI=1S/C29H24N2O4S/c32-28-24-10-3-4-11-26(24)36(34,35)27-18-21(12-13-25(27)28)29(33)31-16-14-30(15-17-31)19-22-8-5-7-20-6-1-2-9-23(20)22/h1-13,18H,14-17,19H2.